The molecule has 0 saturated heterocycles. The van der Waals surface area contributed by atoms with E-state index in [-0.39, 0.29) is 6.03 Å². The van der Waals surface area contributed by atoms with Crippen molar-refractivity contribution in [3.05, 3.63) is 0 Å². The Hall–Kier alpha value is -0.730. The predicted octanol–water partition coefficient (Wildman–Crippen LogP) is 6.58. The Labute approximate surface area is 151 Å². The molecule has 24 heavy (non-hydrogen) atoms. The number of nitrogens with one attached hydrogen (secondary N) is 1. The van der Waals surface area contributed by atoms with Crippen LogP contribution in [0.15, 0.2) is 0 Å². The van der Waals surface area contributed by atoms with Crippen LogP contribution >= 0.6 is 0 Å². The number of hydrogen-bond donors (Lipinski definition) is 1. The molecule has 0 fully saturated rings. The number of carbonyl (C=O) groups is 1. The maximum Gasteiger partial charge on any atom is 0.336 e. The van der Waals surface area contributed by atoms with Gasteiger partial charge in [0.05, 0.1) is 0 Å². The van der Waals surface area contributed by atoms with Gasteiger partial charge in [0.25, 0.3) is 0 Å². The van der Waals surface area contributed by atoms with E-state index in [1.165, 1.54) is 89.9 Å². The standard InChI is InChI=1S/C21H43N2O/c1-3-5-7-9-11-12-13-14-16-18-20-23-21(24)22-19-17-15-10-8-6-4-2/h3-20H2,1-2H3,(H,22,24). The maximum atomic E-state index is 11.6. The molecule has 0 saturated carbocycles. The summed E-state index contributed by atoms with van der Waals surface area (Å²) in [6.07, 6.45) is 20.8. The van der Waals surface area contributed by atoms with Crippen molar-refractivity contribution in [1.29, 1.82) is 0 Å². The molecular weight excluding hydrogens is 296 g/mol. The Balaban J connectivity index is 3.12. The maximum absolute atomic E-state index is 11.6. The molecule has 0 aromatic heterocycles. The van der Waals surface area contributed by atoms with Crippen LogP contribution in [-0.2, 0) is 0 Å². The van der Waals surface area contributed by atoms with Crippen LogP contribution in [0, 0.1) is 0 Å². The first-order valence-electron chi connectivity index (χ1n) is 10.8. The van der Waals surface area contributed by atoms with Crippen LogP contribution in [0.2, 0.25) is 0 Å². The predicted molar refractivity (Wildman–Crippen MR) is 106 cm³/mol. The fraction of sp³-hybridized carbons (Fsp3) is 0.952. The molecule has 0 bridgehead atoms. The summed E-state index contributed by atoms with van der Waals surface area (Å²) < 4.78 is 0. The smallest absolute Gasteiger partial charge is 0.336 e. The summed E-state index contributed by atoms with van der Waals surface area (Å²) in [5.41, 5.74) is 0. The van der Waals surface area contributed by atoms with Crippen LogP contribution < -0.4 is 10.6 Å². The molecule has 0 aliphatic heterocycles. The van der Waals surface area contributed by atoms with Crippen molar-refractivity contribution in [2.75, 3.05) is 13.1 Å². The second-order valence-corrected chi connectivity index (χ2v) is 7.06. The topological polar surface area (TPSA) is 43.2 Å². The molecule has 0 rings (SSSR count). The molecule has 0 aliphatic carbocycles. The third-order valence-corrected chi connectivity index (χ3v) is 4.57. The monoisotopic (exact) mass is 339 g/mol. The van der Waals surface area contributed by atoms with E-state index in [9.17, 15) is 4.79 Å². The molecule has 0 spiro atoms. The van der Waals surface area contributed by atoms with Gasteiger partial charge in [-0.25, -0.2) is 10.1 Å². The van der Waals surface area contributed by atoms with Crippen LogP contribution in [0.1, 0.15) is 117 Å². The minimum Gasteiger partial charge on any atom is -0.337 e. The summed E-state index contributed by atoms with van der Waals surface area (Å²) in [5.74, 6) is 0. The summed E-state index contributed by atoms with van der Waals surface area (Å²) in [6, 6.07) is -0.112. The van der Waals surface area contributed by atoms with Gasteiger partial charge in [-0.15, -0.1) is 0 Å². The van der Waals surface area contributed by atoms with Crippen LogP contribution in [0.4, 0.5) is 4.79 Å². The largest absolute Gasteiger partial charge is 0.337 e. The molecule has 0 heterocycles. The van der Waals surface area contributed by atoms with Crippen LogP contribution in [0.3, 0.4) is 0 Å². The third-order valence-electron chi connectivity index (χ3n) is 4.57. The Morgan fingerprint density at radius 3 is 1.54 bits per heavy atom. The molecule has 3 nitrogen and oxygen atoms in total. The Morgan fingerprint density at radius 1 is 0.625 bits per heavy atom. The molecule has 0 aliphatic rings. The number of hydrogen-bond acceptors (Lipinski definition) is 1. The van der Waals surface area contributed by atoms with Crippen molar-refractivity contribution in [3.8, 4) is 0 Å². The molecule has 0 aromatic carbocycles. The lowest BCUT2D eigenvalue weighted by Crippen LogP contribution is -2.31. The fourth-order valence-electron chi connectivity index (χ4n) is 2.94. The summed E-state index contributed by atoms with van der Waals surface area (Å²) >= 11 is 0. The SMILES string of the molecule is CCCCCCCCCCCC[N]C(=O)NCCCCCCCC. The number of nitrogens with zero attached hydrogens (tertiary/aromatic N) is 1. The summed E-state index contributed by atoms with van der Waals surface area (Å²) in [4.78, 5) is 11.6. The van der Waals surface area contributed by atoms with Gasteiger partial charge in [-0.05, 0) is 12.8 Å². The number of unbranched alkanes of at least 4 members (excludes halogenated alkanes) is 14. The first-order valence-corrected chi connectivity index (χ1v) is 10.8. The van der Waals surface area contributed by atoms with Gasteiger partial charge in [-0.2, -0.15) is 0 Å². The highest BCUT2D eigenvalue weighted by Gasteiger charge is 2.00. The van der Waals surface area contributed by atoms with E-state index in [1.807, 2.05) is 0 Å². The van der Waals surface area contributed by atoms with Crippen LogP contribution in [-0.4, -0.2) is 19.1 Å². The number of amides is 2. The van der Waals surface area contributed by atoms with Gasteiger partial charge in [0.15, 0.2) is 0 Å². The number of rotatable bonds is 18. The molecule has 0 aromatic rings. The number of urea groups is 1. The second kappa shape index (κ2) is 20.3. The highest BCUT2D eigenvalue weighted by atomic mass is 16.2. The average Bonchev–Trinajstić information content (AvgIpc) is 2.59. The van der Waals surface area contributed by atoms with E-state index in [4.69, 9.17) is 0 Å². The van der Waals surface area contributed by atoms with E-state index in [2.05, 4.69) is 24.5 Å². The molecule has 2 amide bonds. The average molecular weight is 340 g/mol. The Kier molecular flexibility index (Phi) is 19.7. The van der Waals surface area contributed by atoms with Gasteiger partial charge in [0.1, 0.15) is 0 Å². The first kappa shape index (κ1) is 23.3. The highest BCUT2D eigenvalue weighted by molar-refractivity contribution is 5.73. The Bertz CT molecular complexity index is 256. The molecule has 0 unspecified atom stereocenters. The van der Waals surface area contributed by atoms with Gasteiger partial charge >= 0.3 is 6.03 Å². The van der Waals surface area contributed by atoms with Gasteiger partial charge in [-0.3, -0.25) is 0 Å². The van der Waals surface area contributed by atoms with Gasteiger partial charge < -0.3 is 5.32 Å². The zero-order valence-electron chi connectivity index (χ0n) is 16.6. The van der Waals surface area contributed by atoms with Crippen molar-refractivity contribution in [2.45, 2.75) is 117 Å². The first-order chi connectivity index (χ1) is 11.8. The van der Waals surface area contributed by atoms with Crippen molar-refractivity contribution < 1.29 is 4.79 Å². The molecular formula is C21H43N2O. The molecule has 3 heteroatoms. The van der Waals surface area contributed by atoms with Crippen LogP contribution in [0.25, 0.3) is 0 Å². The van der Waals surface area contributed by atoms with Crippen molar-refractivity contribution in [3.63, 3.8) is 0 Å². The Morgan fingerprint density at radius 2 is 1.04 bits per heavy atom. The zero-order valence-corrected chi connectivity index (χ0v) is 16.6. The second-order valence-electron chi connectivity index (χ2n) is 7.06. The fourth-order valence-corrected chi connectivity index (χ4v) is 2.94. The molecule has 1 radical (unpaired) electrons. The lowest BCUT2D eigenvalue weighted by Gasteiger charge is -2.05. The summed E-state index contributed by atoms with van der Waals surface area (Å²) in [7, 11) is 0. The van der Waals surface area contributed by atoms with E-state index < -0.39 is 0 Å². The number of carbonyl (C=O) groups excluding carboxylic acids is 1. The van der Waals surface area contributed by atoms with E-state index in [0.717, 1.165) is 19.4 Å². The highest BCUT2D eigenvalue weighted by Crippen LogP contribution is 2.10. The third kappa shape index (κ3) is 19.3. The normalized spacial score (nSPS) is 10.8. The van der Waals surface area contributed by atoms with Crippen molar-refractivity contribution >= 4 is 6.03 Å². The van der Waals surface area contributed by atoms with Gasteiger partial charge in [-0.1, -0.05) is 104 Å². The lowest BCUT2D eigenvalue weighted by molar-refractivity contribution is 0.239. The van der Waals surface area contributed by atoms with Gasteiger partial charge in [0, 0.05) is 13.1 Å². The molecule has 143 valence electrons. The minimum atomic E-state index is -0.112. The molecule has 1 N–H and O–H groups in total. The minimum absolute atomic E-state index is 0.112. The van der Waals surface area contributed by atoms with E-state index in [0.29, 0.717) is 6.54 Å². The van der Waals surface area contributed by atoms with E-state index >= 15 is 0 Å². The zero-order chi connectivity index (χ0) is 17.7. The quantitative estimate of drug-likeness (QED) is 0.281. The summed E-state index contributed by atoms with van der Waals surface area (Å²) in [6.45, 7) is 5.97. The van der Waals surface area contributed by atoms with E-state index in [1.54, 1.807) is 0 Å². The molecule has 0 atom stereocenters. The van der Waals surface area contributed by atoms with Crippen LogP contribution in [0.5, 0.6) is 0 Å². The van der Waals surface area contributed by atoms with Gasteiger partial charge in [0.2, 0.25) is 0 Å². The lowest BCUT2D eigenvalue weighted by atomic mass is 10.1. The van der Waals surface area contributed by atoms with Crippen molar-refractivity contribution in [2.24, 2.45) is 0 Å². The summed E-state index contributed by atoms with van der Waals surface area (Å²) in [5, 5.41) is 6.99. The van der Waals surface area contributed by atoms with Crippen molar-refractivity contribution in [1.82, 2.24) is 10.6 Å².